The first kappa shape index (κ1) is 27.1. The van der Waals surface area contributed by atoms with E-state index in [1.165, 1.54) is 0 Å². The summed E-state index contributed by atoms with van der Waals surface area (Å²) in [6.45, 7) is 0. The van der Waals surface area contributed by atoms with Crippen LogP contribution in [0.2, 0.25) is 0 Å². The number of benzene rings is 7. The molecule has 5 heteroatoms. The van der Waals surface area contributed by atoms with Gasteiger partial charge in [-0.1, -0.05) is 72.8 Å². The maximum absolute atomic E-state index is 10.4. The van der Waals surface area contributed by atoms with Crippen molar-refractivity contribution in [3.05, 3.63) is 157 Å². The molecule has 0 aliphatic carbocycles. The molecule has 0 amide bonds. The van der Waals surface area contributed by atoms with Gasteiger partial charge in [0.25, 0.3) is 0 Å². The zero-order chi connectivity index (χ0) is 32.6. The lowest BCUT2D eigenvalue weighted by molar-refractivity contribution is 0.669. The van der Waals surface area contributed by atoms with Gasteiger partial charge in [0.15, 0.2) is 0 Å². The van der Waals surface area contributed by atoms with Gasteiger partial charge in [0, 0.05) is 54.8 Å². The van der Waals surface area contributed by atoms with Crippen LogP contribution in [0, 0.1) is 22.7 Å². The van der Waals surface area contributed by atoms with Gasteiger partial charge < -0.3 is 13.6 Å². The highest BCUT2D eigenvalue weighted by Crippen LogP contribution is 2.42. The van der Waals surface area contributed by atoms with Gasteiger partial charge in [-0.15, -0.1) is 0 Å². The third kappa shape index (κ3) is 3.79. The van der Waals surface area contributed by atoms with E-state index in [0.717, 1.165) is 76.9 Å². The largest absolute Gasteiger partial charge is 0.456 e. The Balaban J connectivity index is 1.25. The molecule has 10 aromatic rings. The minimum Gasteiger partial charge on any atom is -0.456 e. The van der Waals surface area contributed by atoms with Crippen molar-refractivity contribution in [2.45, 2.75) is 0 Å². The molecule has 49 heavy (non-hydrogen) atoms. The second-order valence-electron chi connectivity index (χ2n) is 12.3. The third-order valence-electron chi connectivity index (χ3n) is 9.81. The van der Waals surface area contributed by atoms with Crippen LogP contribution in [0.15, 0.2) is 150 Å². The van der Waals surface area contributed by atoms with Gasteiger partial charge in [-0.25, -0.2) is 0 Å². The Morgan fingerprint density at radius 2 is 0.898 bits per heavy atom. The van der Waals surface area contributed by atoms with Crippen LogP contribution in [0.5, 0.6) is 0 Å². The highest BCUT2D eigenvalue weighted by molar-refractivity contribution is 6.27. The number of fused-ring (bicyclic) bond motifs is 10. The van der Waals surface area contributed by atoms with E-state index >= 15 is 0 Å². The van der Waals surface area contributed by atoms with E-state index < -0.39 is 0 Å². The van der Waals surface area contributed by atoms with Gasteiger partial charge >= 0.3 is 0 Å². The van der Waals surface area contributed by atoms with Gasteiger partial charge in [-0.05, 0) is 72.8 Å². The molecule has 5 nitrogen and oxygen atoms in total. The number of aromatic nitrogens is 2. The molecule has 0 atom stereocenters. The Hall–Kier alpha value is -7.08. The topological polar surface area (TPSA) is 70.6 Å². The first-order valence-corrected chi connectivity index (χ1v) is 16.1. The SMILES string of the molecule is N#Cc1ccc(-n2c3ccccc3c3ccccc32)cc1-c1cc(-n2c3ccccc3c3c4c(ccc32)oc2ccccc24)ccc1C#N. The van der Waals surface area contributed by atoms with Crippen molar-refractivity contribution in [1.82, 2.24) is 9.13 Å². The Bertz CT molecular complexity index is 3030. The summed E-state index contributed by atoms with van der Waals surface area (Å²) in [5, 5.41) is 27.5. The molecule has 0 saturated carbocycles. The first-order chi connectivity index (χ1) is 24.2. The first-order valence-electron chi connectivity index (χ1n) is 16.1. The zero-order valence-electron chi connectivity index (χ0n) is 26.1. The average molecular weight is 625 g/mol. The van der Waals surface area contributed by atoms with Crippen LogP contribution in [-0.4, -0.2) is 9.13 Å². The third-order valence-corrected chi connectivity index (χ3v) is 9.81. The van der Waals surface area contributed by atoms with Crippen molar-refractivity contribution in [3.8, 4) is 34.6 Å². The maximum atomic E-state index is 10.4. The van der Waals surface area contributed by atoms with Crippen LogP contribution in [0.3, 0.4) is 0 Å². The summed E-state index contributed by atoms with van der Waals surface area (Å²) < 4.78 is 10.8. The van der Waals surface area contributed by atoms with Crippen molar-refractivity contribution in [3.63, 3.8) is 0 Å². The second-order valence-corrected chi connectivity index (χ2v) is 12.3. The minimum atomic E-state index is 0.503. The van der Waals surface area contributed by atoms with Crippen LogP contribution < -0.4 is 0 Å². The summed E-state index contributed by atoms with van der Waals surface area (Å²) in [6, 6.07) is 54.1. The Labute approximate surface area is 280 Å². The maximum Gasteiger partial charge on any atom is 0.136 e. The molecule has 3 heterocycles. The van der Waals surface area contributed by atoms with E-state index in [-0.39, 0.29) is 0 Å². The molecule has 0 saturated heterocycles. The molecule has 0 aliphatic rings. The average Bonchev–Trinajstić information content (AvgIpc) is 3.82. The van der Waals surface area contributed by atoms with Crippen molar-refractivity contribution in [2.24, 2.45) is 0 Å². The van der Waals surface area contributed by atoms with Crippen LogP contribution >= 0.6 is 0 Å². The van der Waals surface area contributed by atoms with Crippen molar-refractivity contribution >= 4 is 65.6 Å². The smallest absolute Gasteiger partial charge is 0.136 e. The van der Waals surface area contributed by atoms with Crippen LogP contribution in [0.25, 0.3) is 88.1 Å². The van der Waals surface area contributed by atoms with E-state index in [2.05, 4.69) is 94.1 Å². The van der Waals surface area contributed by atoms with Crippen LogP contribution in [0.4, 0.5) is 0 Å². The van der Waals surface area contributed by atoms with E-state index in [1.807, 2.05) is 72.8 Å². The van der Waals surface area contributed by atoms with Crippen molar-refractivity contribution in [2.75, 3.05) is 0 Å². The second kappa shape index (κ2) is 10.2. The molecular formula is C44H24N4O. The van der Waals surface area contributed by atoms with E-state index in [1.54, 1.807) is 0 Å². The van der Waals surface area contributed by atoms with Gasteiger partial charge in [0.1, 0.15) is 11.2 Å². The predicted octanol–water partition coefficient (Wildman–Crippen LogP) is 11.2. The standard InChI is InChI=1S/C44H24N4O/c45-25-27-17-19-29(47-37-13-5-1-9-31(37)32-10-2-6-14-38(32)47)23-35(27)36-24-30(20-18-28(36)26-46)48-39-15-7-3-11-33(39)43-40(48)21-22-42-44(43)34-12-4-8-16-41(34)49-42/h1-24H. The fourth-order valence-electron chi connectivity index (χ4n) is 7.74. The molecule has 0 fully saturated rings. The normalized spacial score (nSPS) is 11.6. The highest BCUT2D eigenvalue weighted by atomic mass is 16.3. The van der Waals surface area contributed by atoms with Gasteiger partial charge in [-0.3, -0.25) is 0 Å². The Morgan fingerprint density at radius 3 is 1.49 bits per heavy atom. The molecule has 226 valence electrons. The van der Waals surface area contributed by atoms with E-state index in [9.17, 15) is 10.5 Å². The molecule has 10 rings (SSSR count). The number of hydrogen-bond donors (Lipinski definition) is 0. The number of nitrogens with zero attached hydrogens (tertiary/aromatic N) is 4. The quantitative estimate of drug-likeness (QED) is 0.196. The van der Waals surface area contributed by atoms with E-state index in [4.69, 9.17) is 4.42 Å². The predicted molar refractivity (Wildman–Crippen MR) is 197 cm³/mol. The fraction of sp³-hybridized carbons (Fsp3) is 0. The summed E-state index contributed by atoms with van der Waals surface area (Å²) in [7, 11) is 0. The molecule has 0 radical (unpaired) electrons. The van der Waals surface area contributed by atoms with Gasteiger partial charge in [-0.2, -0.15) is 10.5 Å². The molecule has 0 spiro atoms. The molecular weight excluding hydrogens is 601 g/mol. The summed E-state index contributed by atoms with van der Waals surface area (Å²) in [4.78, 5) is 0. The molecule has 0 N–H and O–H groups in total. The summed E-state index contributed by atoms with van der Waals surface area (Å²) in [6.07, 6.45) is 0. The van der Waals surface area contributed by atoms with Gasteiger partial charge in [0.05, 0.1) is 45.3 Å². The minimum absolute atomic E-state index is 0.503. The van der Waals surface area contributed by atoms with Crippen LogP contribution in [0.1, 0.15) is 11.1 Å². The number of rotatable bonds is 3. The summed E-state index contributed by atoms with van der Waals surface area (Å²) in [5.41, 5.74) is 10.2. The molecule has 0 aliphatic heterocycles. The lowest BCUT2D eigenvalue weighted by atomic mass is 9.95. The molecule has 0 bridgehead atoms. The zero-order valence-corrected chi connectivity index (χ0v) is 26.1. The highest BCUT2D eigenvalue weighted by Gasteiger charge is 2.21. The van der Waals surface area contributed by atoms with E-state index in [0.29, 0.717) is 22.3 Å². The number of hydrogen-bond acceptors (Lipinski definition) is 3. The van der Waals surface area contributed by atoms with Gasteiger partial charge in [0.2, 0.25) is 0 Å². The van der Waals surface area contributed by atoms with Crippen molar-refractivity contribution < 1.29 is 4.42 Å². The molecule has 0 unspecified atom stereocenters. The van der Waals surface area contributed by atoms with Crippen molar-refractivity contribution in [1.29, 1.82) is 10.5 Å². The summed E-state index contributed by atoms with van der Waals surface area (Å²) >= 11 is 0. The number of nitriles is 2. The monoisotopic (exact) mass is 624 g/mol. The lowest BCUT2D eigenvalue weighted by Gasteiger charge is -2.15. The number of furan rings is 1. The number of para-hydroxylation sites is 4. The Kier molecular flexibility index (Phi) is 5.64. The molecule has 7 aromatic carbocycles. The van der Waals surface area contributed by atoms with Crippen LogP contribution in [-0.2, 0) is 0 Å². The Morgan fingerprint density at radius 1 is 0.408 bits per heavy atom. The fourth-order valence-corrected chi connectivity index (χ4v) is 7.74. The summed E-state index contributed by atoms with van der Waals surface area (Å²) in [5.74, 6) is 0. The lowest BCUT2D eigenvalue weighted by Crippen LogP contribution is -1.99. The molecule has 3 aromatic heterocycles.